The fourth-order valence-electron chi connectivity index (χ4n) is 1.21. The van der Waals surface area contributed by atoms with E-state index in [2.05, 4.69) is 6.58 Å². The summed E-state index contributed by atoms with van der Waals surface area (Å²) in [7, 11) is 1.54. The average molecular weight is 239 g/mol. The zero-order valence-corrected chi connectivity index (χ0v) is 10.1. The molecule has 0 radical (unpaired) electrons. The number of nitriles is 1. The zero-order valence-electron chi connectivity index (χ0n) is 10.1. The normalized spacial score (nSPS) is 11.1. The second-order valence-electron chi connectivity index (χ2n) is 3.67. The van der Waals surface area contributed by atoms with Gasteiger partial charge in [-0.2, -0.15) is 5.26 Å². The first-order valence-electron chi connectivity index (χ1n) is 5.15. The van der Waals surface area contributed by atoms with Gasteiger partial charge in [-0.3, -0.25) is 4.79 Å². The number of amides is 2. The molecule has 0 saturated carbocycles. The predicted molar refractivity (Wildman–Crippen MR) is 62.3 cm³/mol. The Bertz CT molecular complexity index is 335. The lowest BCUT2D eigenvalue weighted by Gasteiger charge is -2.29. The molecule has 0 fully saturated rings. The molecular formula is C11H17N3O3. The molecule has 0 heterocycles. The van der Waals surface area contributed by atoms with Gasteiger partial charge in [0.05, 0.1) is 12.5 Å². The Morgan fingerprint density at radius 3 is 2.59 bits per heavy atom. The predicted octanol–water partition coefficient (Wildman–Crippen LogP) is 0.913. The van der Waals surface area contributed by atoms with Gasteiger partial charge in [0, 0.05) is 19.6 Å². The van der Waals surface area contributed by atoms with E-state index in [1.165, 1.54) is 11.0 Å². The number of urea groups is 1. The van der Waals surface area contributed by atoms with E-state index in [1.807, 2.05) is 6.07 Å². The van der Waals surface area contributed by atoms with Crippen LogP contribution in [0.1, 0.15) is 13.3 Å². The monoisotopic (exact) mass is 239 g/mol. The first kappa shape index (κ1) is 15.0. The van der Waals surface area contributed by atoms with Gasteiger partial charge in [0.2, 0.25) is 0 Å². The number of carboxylic acids is 1. The third-order valence-corrected chi connectivity index (χ3v) is 2.30. The van der Waals surface area contributed by atoms with Crippen LogP contribution in [0.3, 0.4) is 0 Å². The highest BCUT2D eigenvalue weighted by Gasteiger charge is 2.22. The highest BCUT2D eigenvalue weighted by Crippen LogP contribution is 2.05. The minimum atomic E-state index is -1.08. The minimum absolute atomic E-state index is 0.161. The van der Waals surface area contributed by atoms with Crippen molar-refractivity contribution in [3.63, 3.8) is 0 Å². The lowest BCUT2D eigenvalue weighted by Crippen LogP contribution is -2.46. The topological polar surface area (TPSA) is 84.6 Å². The Labute approximate surface area is 101 Å². The summed E-state index contributed by atoms with van der Waals surface area (Å²) in [6, 6.07) is 1.29. The van der Waals surface area contributed by atoms with Gasteiger partial charge in [0.25, 0.3) is 0 Å². The first-order chi connectivity index (χ1) is 7.93. The average Bonchev–Trinajstić information content (AvgIpc) is 2.26. The number of carboxylic acid groups (broad SMARTS) is 1. The molecule has 0 aromatic rings. The van der Waals surface area contributed by atoms with Crippen molar-refractivity contribution in [3.05, 3.63) is 12.7 Å². The lowest BCUT2D eigenvalue weighted by molar-refractivity contribution is -0.137. The van der Waals surface area contributed by atoms with Crippen molar-refractivity contribution in [2.75, 3.05) is 20.1 Å². The number of hydrogen-bond acceptors (Lipinski definition) is 3. The number of hydrogen-bond donors (Lipinski definition) is 1. The Morgan fingerprint density at radius 2 is 2.18 bits per heavy atom. The SMILES string of the molecule is C=CCN(CC(=O)O)C(=O)N(C)C(C)CC#N. The van der Waals surface area contributed by atoms with E-state index >= 15 is 0 Å². The van der Waals surface area contributed by atoms with Crippen molar-refractivity contribution in [2.24, 2.45) is 0 Å². The highest BCUT2D eigenvalue weighted by molar-refractivity contribution is 5.80. The summed E-state index contributed by atoms with van der Waals surface area (Å²) in [6.45, 7) is 4.98. The van der Waals surface area contributed by atoms with Crippen LogP contribution in [0.2, 0.25) is 0 Å². The molecular weight excluding hydrogens is 222 g/mol. The number of nitrogens with zero attached hydrogens (tertiary/aromatic N) is 3. The molecule has 6 heteroatoms. The maximum Gasteiger partial charge on any atom is 0.323 e. The Kier molecular flexibility index (Phi) is 6.41. The van der Waals surface area contributed by atoms with Crippen molar-refractivity contribution < 1.29 is 14.7 Å². The molecule has 1 atom stereocenters. The Hall–Kier alpha value is -2.03. The summed E-state index contributed by atoms with van der Waals surface area (Å²) in [6.07, 6.45) is 1.67. The molecule has 6 nitrogen and oxygen atoms in total. The first-order valence-corrected chi connectivity index (χ1v) is 5.15. The van der Waals surface area contributed by atoms with E-state index in [9.17, 15) is 9.59 Å². The molecule has 0 aliphatic rings. The van der Waals surface area contributed by atoms with Gasteiger partial charge >= 0.3 is 12.0 Å². The summed E-state index contributed by atoms with van der Waals surface area (Å²) in [5, 5.41) is 17.2. The van der Waals surface area contributed by atoms with Gasteiger partial charge in [-0.25, -0.2) is 4.79 Å². The van der Waals surface area contributed by atoms with Crippen LogP contribution in [0.15, 0.2) is 12.7 Å². The van der Waals surface area contributed by atoms with E-state index in [0.717, 1.165) is 4.90 Å². The second kappa shape index (κ2) is 7.28. The molecule has 0 aromatic heterocycles. The zero-order chi connectivity index (χ0) is 13.4. The molecule has 0 rings (SSSR count). The van der Waals surface area contributed by atoms with Crippen LogP contribution >= 0.6 is 0 Å². The van der Waals surface area contributed by atoms with E-state index in [-0.39, 0.29) is 25.6 Å². The molecule has 0 bridgehead atoms. The van der Waals surface area contributed by atoms with Crippen LogP contribution in [0.5, 0.6) is 0 Å². The maximum atomic E-state index is 11.9. The quantitative estimate of drug-likeness (QED) is 0.698. The number of carbonyl (C=O) groups excluding carboxylic acids is 1. The Balaban J connectivity index is 4.65. The third-order valence-electron chi connectivity index (χ3n) is 2.30. The summed E-state index contributed by atoms with van der Waals surface area (Å²) >= 11 is 0. The number of carbonyl (C=O) groups is 2. The molecule has 0 aliphatic carbocycles. The third kappa shape index (κ3) is 5.02. The van der Waals surface area contributed by atoms with Crippen LogP contribution in [-0.4, -0.2) is 53.1 Å². The van der Waals surface area contributed by atoms with Gasteiger partial charge < -0.3 is 14.9 Å². The van der Waals surface area contributed by atoms with Crippen LogP contribution < -0.4 is 0 Å². The molecule has 0 aromatic carbocycles. The van der Waals surface area contributed by atoms with E-state index in [4.69, 9.17) is 10.4 Å². The van der Waals surface area contributed by atoms with Crippen LogP contribution in [0, 0.1) is 11.3 Å². The van der Waals surface area contributed by atoms with Crippen molar-refractivity contribution in [1.82, 2.24) is 9.80 Å². The van der Waals surface area contributed by atoms with Crippen LogP contribution in [0.4, 0.5) is 4.79 Å². The van der Waals surface area contributed by atoms with Gasteiger partial charge in [-0.15, -0.1) is 6.58 Å². The minimum Gasteiger partial charge on any atom is -0.480 e. The molecule has 2 amide bonds. The molecule has 1 unspecified atom stereocenters. The van der Waals surface area contributed by atoms with E-state index in [0.29, 0.717) is 0 Å². The molecule has 0 spiro atoms. The largest absolute Gasteiger partial charge is 0.480 e. The van der Waals surface area contributed by atoms with Gasteiger partial charge in [0.1, 0.15) is 6.54 Å². The summed E-state index contributed by atoms with van der Waals surface area (Å²) in [5.41, 5.74) is 0. The number of rotatable bonds is 6. The summed E-state index contributed by atoms with van der Waals surface area (Å²) in [5.74, 6) is -1.08. The maximum absolute atomic E-state index is 11.9. The van der Waals surface area contributed by atoms with Gasteiger partial charge in [-0.05, 0) is 6.92 Å². The second-order valence-corrected chi connectivity index (χ2v) is 3.67. The van der Waals surface area contributed by atoms with Crippen LogP contribution in [0.25, 0.3) is 0 Å². The number of aliphatic carboxylic acids is 1. The molecule has 1 N–H and O–H groups in total. The summed E-state index contributed by atoms with van der Waals surface area (Å²) < 4.78 is 0. The molecule has 94 valence electrons. The molecule has 0 aliphatic heterocycles. The van der Waals surface area contributed by atoms with Gasteiger partial charge in [-0.1, -0.05) is 6.08 Å². The molecule has 0 saturated heterocycles. The van der Waals surface area contributed by atoms with Crippen molar-refractivity contribution >= 4 is 12.0 Å². The smallest absolute Gasteiger partial charge is 0.323 e. The van der Waals surface area contributed by atoms with Crippen molar-refractivity contribution in [2.45, 2.75) is 19.4 Å². The van der Waals surface area contributed by atoms with E-state index < -0.39 is 12.0 Å². The van der Waals surface area contributed by atoms with Gasteiger partial charge in [0.15, 0.2) is 0 Å². The van der Waals surface area contributed by atoms with Crippen LogP contribution in [-0.2, 0) is 4.79 Å². The summed E-state index contributed by atoms with van der Waals surface area (Å²) in [4.78, 5) is 25.0. The highest BCUT2D eigenvalue weighted by atomic mass is 16.4. The molecule has 17 heavy (non-hydrogen) atoms. The lowest BCUT2D eigenvalue weighted by atomic mass is 10.2. The Morgan fingerprint density at radius 1 is 1.59 bits per heavy atom. The van der Waals surface area contributed by atoms with Crippen molar-refractivity contribution in [1.29, 1.82) is 5.26 Å². The van der Waals surface area contributed by atoms with E-state index in [1.54, 1.807) is 14.0 Å². The van der Waals surface area contributed by atoms with Crippen molar-refractivity contribution in [3.8, 4) is 6.07 Å². The fraction of sp³-hybridized carbons (Fsp3) is 0.545. The standard InChI is InChI=1S/C11H17N3O3/c1-4-7-14(8-10(15)16)11(17)13(3)9(2)5-6-12/h4,9H,1,5,7-8H2,2-3H3,(H,15,16). The fourth-order valence-corrected chi connectivity index (χ4v) is 1.21.